The van der Waals surface area contributed by atoms with Gasteiger partial charge in [0.2, 0.25) is 6.41 Å². The summed E-state index contributed by atoms with van der Waals surface area (Å²) >= 11 is 0. The number of hydrogen-bond donors (Lipinski definition) is 0. The Morgan fingerprint density at radius 3 is 2.27 bits per heavy atom. The molecule has 1 saturated heterocycles. The Morgan fingerprint density at radius 1 is 1.18 bits per heavy atom. The van der Waals surface area contributed by atoms with Gasteiger partial charge < -0.3 is 4.90 Å². The maximum absolute atomic E-state index is 11.8. The lowest BCUT2D eigenvalue weighted by atomic mass is 9.73. The van der Waals surface area contributed by atoms with E-state index in [2.05, 4.69) is 45.6 Å². The molecule has 1 unspecified atom stereocenters. The van der Waals surface area contributed by atoms with Crippen molar-refractivity contribution in [3.8, 4) is 0 Å². The van der Waals surface area contributed by atoms with E-state index in [1.165, 1.54) is 19.3 Å². The van der Waals surface area contributed by atoms with Crippen molar-refractivity contribution in [2.45, 2.75) is 89.4 Å². The van der Waals surface area contributed by atoms with Crippen molar-refractivity contribution in [3.05, 3.63) is 5.57 Å². The number of nitrogens with zero attached hydrogens (tertiary/aromatic N) is 2. The third kappa shape index (κ3) is 2.87. The first kappa shape index (κ1) is 17.2. The fraction of sp³-hybridized carbons (Fsp3) is 0.833. The van der Waals surface area contributed by atoms with Crippen LogP contribution in [-0.2, 0) is 9.59 Å². The van der Waals surface area contributed by atoms with Crippen LogP contribution in [0, 0.1) is 0 Å². The van der Waals surface area contributed by atoms with Crippen LogP contribution in [0.3, 0.4) is 0 Å². The first-order chi connectivity index (χ1) is 10.3. The molecule has 1 aliphatic heterocycles. The molecule has 1 atom stereocenters. The maximum Gasteiger partial charge on any atom is 0.210 e. The predicted octanol–water partition coefficient (Wildman–Crippen LogP) is 2.80. The van der Waals surface area contributed by atoms with E-state index < -0.39 is 0 Å². The van der Waals surface area contributed by atoms with Gasteiger partial charge in [-0.2, -0.15) is 0 Å². The van der Waals surface area contributed by atoms with Crippen molar-refractivity contribution < 1.29 is 9.59 Å². The van der Waals surface area contributed by atoms with Crippen LogP contribution in [0.2, 0.25) is 0 Å². The second kappa shape index (κ2) is 6.17. The Hall–Kier alpha value is -1.12. The van der Waals surface area contributed by atoms with E-state index in [-0.39, 0.29) is 23.2 Å². The molecule has 2 aliphatic rings. The molecule has 1 amide bonds. The lowest BCUT2D eigenvalue weighted by Gasteiger charge is -2.56. The number of hydrogen-bond acceptors (Lipinski definition) is 3. The van der Waals surface area contributed by atoms with E-state index in [0.29, 0.717) is 5.57 Å². The van der Waals surface area contributed by atoms with Gasteiger partial charge in [0.05, 0.1) is 11.6 Å². The van der Waals surface area contributed by atoms with Crippen LogP contribution < -0.4 is 0 Å². The summed E-state index contributed by atoms with van der Waals surface area (Å²) in [5.74, 6) is 2.19. The number of piperidine rings is 1. The van der Waals surface area contributed by atoms with Gasteiger partial charge in [0.25, 0.3) is 0 Å². The van der Waals surface area contributed by atoms with Gasteiger partial charge in [0.15, 0.2) is 0 Å². The van der Waals surface area contributed by atoms with Crippen LogP contribution in [-0.4, -0.2) is 52.4 Å². The summed E-state index contributed by atoms with van der Waals surface area (Å²) in [4.78, 5) is 27.7. The molecule has 0 radical (unpaired) electrons. The Bertz CT molecular complexity index is 471. The van der Waals surface area contributed by atoms with Crippen molar-refractivity contribution >= 4 is 12.4 Å². The van der Waals surface area contributed by atoms with E-state index in [1.807, 2.05) is 4.90 Å². The highest BCUT2D eigenvalue weighted by molar-refractivity contribution is 5.62. The number of rotatable bonds is 3. The number of carbonyl (C=O) groups excluding carboxylic acids is 2. The van der Waals surface area contributed by atoms with Crippen molar-refractivity contribution in [3.63, 3.8) is 0 Å². The van der Waals surface area contributed by atoms with E-state index in [0.717, 1.165) is 25.7 Å². The standard InChI is InChI=1S/C18H30N2O2/c1-17(2)11-16(15(12-21)18(3,4)19(17)5)20(13-22)14-9-7-6-8-10-14/h13-14,16H,6-11H2,1-5H3. The molecule has 0 N–H and O–H groups in total. The van der Waals surface area contributed by atoms with Gasteiger partial charge in [-0.05, 0) is 54.0 Å². The van der Waals surface area contributed by atoms with E-state index in [9.17, 15) is 9.59 Å². The quantitative estimate of drug-likeness (QED) is 0.594. The summed E-state index contributed by atoms with van der Waals surface area (Å²) in [5, 5.41) is 0. The molecule has 2 fully saturated rings. The molecule has 0 bridgehead atoms. The van der Waals surface area contributed by atoms with E-state index >= 15 is 0 Å². The van der Waals surface area contributed by atoms with Crippen molar-refractivity contribution in [1.82, 2.24) is 9.80 Å². The molecule has 1 aliphatic carbocycles. The summed E-state index contributed by atoms with van der Waals surface area (Å²) in [6, 6.07) is 0.147. The summed E-state index contributed by atoms with van der Waals surface area (Å²) in [5.41, 5.74) is 0.265. The highest BCUT2D eigenvalue weighted by Crippen LogP contribution is 2.42. The van der Waals surface area contributed by atoms with Crippen LogP contribution in [0.1, 0.15) is 66.2 Å². The molecule has 22 heavy (non-hydrogen) atoms. The molecule has 1 heterocycles. The fourth-order valence-electron chi connectivity index (χ4n) is 4.30. The lowest BCUT2D eigenvalue weighted by molar-refractivity contribution is -0.125. The van der Waals surface area contributed by atoms with Gasteiger partial charge in [-0.1, -0.05) is 19.3 Å². The van der Waals surface area contributed by atoms with Gasteiger partial charge in [-0.3, -0.25) is 9.69 Å². The third-order valence-electron chi connectivity index (χ3n) is 6.02. The topological polar surface area (TPSA) is 40.6 Å². The Balaban J connectivity index is 2.37. The molecule has 0 aromatic heterocycles. The third-order valence-corrected chi connectivity index (χ3v) is 6.02. The van der Waals surface area contributed by atoms with Crippen LogP contribution in [0.5, 0.6) is 0 Å². The molecule has 0 aromatic rings. The summed E-state index contributed by atoms with van der Waals surface area (Å²) in [6.07, 6.45) is 7.46. The summed E-state index contributed by atoms with van der Waals surface area (Å²) in [7, 11) is 2.05. The van der Waals surface area contributed by atoms with Gasteiger partial charge in [0, 0.05) is 17.1 Å². The van der Waals surface area contributed by atoms with E-state index in [1.54, 1.807) is 0 Å². The zero-order chi connectivity index (χ0) is 16.5. The zero-order valence-corrected chi connectivity index (χ0v) is 14.7. The minimum Gasteiger partial charge on any atom is -0.335 e. The van der Waals surface area contributed by atoms with Gasteiger partial charge in [-0.25, -0.2) is 4.79 Å². The normalized spacial score (nSPS) is 29.0. The highest BCUT2D eigenvalue weighted by atomic mass is 16.1. The van der Waals surface area contributed by atoms with E-state index in [4.69, 9.17) is 0 Å². The smallest absolute Gasteiger partial charge is 0.210 e. The molecule has 1 saturated carbocycles. The Morgan fingerprint density at radius 2 is 1.77 bits per heavy atom. The summed E-state index contributed by atoms with van der Waals surface area (Å²) in [6.45, 7) is 8.50. The van der Waals surface area contributed by atoms with Crippen molar-refractivity contribution in [2.24, 2.45) is 0 Å². The molecule has 0 aromatic carbocycles. The van der Waals surface area contributed by atoms with Crippen molar-refractivity contribution in [2.75, 3.05) is 7.05 Å². The van der Waals surface area contributed by atoms with Crippen LogP contribution in [0.4, 0.5) is 0 Å². The van der Waals surface area contributed by atoms with Crippen LogP contribution in [0.15, 0.2) is 5.57 Å². The second-order valence-corrected chi connectivity index (χ2v) is 8.01. The van der Waals surface area contributed by atoms with Gasteiger partial charge in [0.1, 0.15) is 5.94 Å². The molecular formula is C18H30N2O2. The fourth-order valence-corrected chi connectivity index (χ4v) is 4.30. The largest absolute Gasteiger partial charge is 0.335 e. The maximum atomic E-state index is 11.8. The molecule has 4 heteroatoms. The van der Waals surface area contributed by atoms with Crippen LogP contribution >= 0.6 is 0 Å². The lowest BCUT2D eigenvalue weighted by Crippen LogP contribution is -2.65. The van der Waals surface area contributed by atoms with Crippen LogP contribution in [0.25, 0.3) is 0 Å². The average Bonchev–Trinajstić information content (AvgIpc) is 2.47. The minimum atomic E-state index is -0.385. The molecule has 2 rings (SSSR count). The van der Waals surface area contributed by atoms with Gasteiger partial charge >= 0.3 is 0 Å². The molecule has 124 valence electrons. The first-order valence-electron chi connectivity index (χ1n) is 8.48. The predicted molar refractivity (Wildman–Crippen MR) is 88.3 cm³/mol. The molecular weight excluding hydrogens is 276 g/mol. The molecule has 0 spiro atoms. The average molecular weight is 306 g/mol. The first-order valence-corrected chi connectivity index (χ1v) is 8.48. The molecule has 4 nitrogen and oxygen atoms in total. The Kier molecular flexibility index (Phi) is 4.84. The number of likely N-dealkylation sites (N-methyl/N-ethyl adjacent to an activating group) is 1. The van der Waals surface area contributed by atoms with Crippen molar-refractivity contribution in [1.29, 1.82) is 0 Å². The number of amides is 1. The Labute approximate surface area is 134 Å². The summed E-state index contributed by atoms with van der Waals surface area (Å²) < 4.78 is 0. The number of likely N-dealkylation sites (tertiary alicyclic amines) is 1. The zero-order valence-electron chi connectivity index (χ0n) is 14.7. The number of carbonyl (C=O) groups is 1. The minimum absolute atomic E-state index is 0.0650. The monoisotopic (exact) mass is 306 g/mol. The SMILES string of the molecule is CN1C(C)(C)CC(N(C=O)C2CCCCC2)C(=C=O)C1(C)C. The second-order valence-electron chi connectivity index (χ2n) is 8.01. The highest BCUT2D eigenvalue weighted by Gasteiger charge is 2.50. The van der Waals surface area contributed by atoms with Gasteiger partial charge in [-0.15, -0.1) is 0 Å².